The average Bonchev–Trinajstić information content (AvgIpc) is 2.69. The minimum atomic E-state index is -0.214. The molecule has 0 amide bonds. The Morgan fingerprint density at radius 3 is 1.86 bits per heavy atom. The molecule has 0 aliphatic rings. The molecule has 0 heterocycles. The number of unbranched alkanes of at least 4 members (excludes halogenated alkanes) is 8. The summed E-state index contributed by atoms with van der Waals surface area (Å²) in [6.07, 6.45) is 12.8. The summed E-state index contributed by atoms with van der Waals surface area (Å²) in [5, 5.41) is 0. The van der Waals surface area contributed by atoms with Gasteiger partial charge in [-0.25, -0.2) is 0 Å². The first-order valence-corrected chi connectivity index (χ1v) is 11.1. The molecule has 28 heavy (non-hydrogen) atoms. The molecule has 1 atom stereocenters. The third kappa shape index (κ3) is 11.1. The van der Waals surface area contributed by atoms with Gasteiger partial charge in [0, 0.05) is 6.42 Å². The molecule has 0 aliphatic carbocycles. The summed E-state index contributed by atoms with van der Waals surface area (Å²) >= 11 is 0. The Hall–Kier alpha value is -1.84. The third-order valence-corrected chi connectivity index (χ3v) is 4.90. The Morgan fingerprint density at radius 1 is 0.750 bits per heavy atom. The van der Waals surface area contributed by atoms with Crippen molar-refractivity contribution >= 4 is 11.9 Å². The van der Waals surface area contributed by atoms with Crippen LogP contribution in [0.1, 0.15) is 97.8 Å². The molecule has 1 aromatic rings. The van der Waals surface area contributed by atoms with Crippen LogP contribution in [-0.2, 0) is 9.59 Å². The van der Waals surface area contributed by atoms with Gasteiger partial charge in [0.2, 0.25) is 0 Å². The van der Waals surface area contributed by atoms with Crippen molar-refractivity contribution in [1.29, 1.82) is 0 Å². The molecule has 0 radical (unpaired) electrons. The second-order valence-electron chi connectivity index (χ2n) is 7.63. The van der Waals surface area contributed by atoms with Crippen molar-refractivity contribution < 1.29 is 19.1 Å². The van der Waals surface area contributed by atoms with E-state index in [9.17, 15) is 9.59 Å². The maximum atomic E-state index is 12.2. The minimum absolute atomic E-state index is 0.105. The average molecular weight is 391 g/mol. The zero-order valence-corrected chi connectivity index (χ0v) is 18.0. The summed E-state index contributed by atoms with van der Waals surface area (Å²) in [6, 6.07) is 6.69. The van der Waals surface area contributed by atoms with Crippen molar-refractivity contribution in [2.24, 2.45) is 5.92 Å². The maximum absolute atomic E-state index is 12.2. The van der Waals surface area contributed by atoms with Gasteiger partial charge in [-0.3, -0.25) is 9.59 Å². The van der Waals surface area contributed by atoms with Gasteiger partial charge in [0.1, 0.15) is 11.5 Å². The first kappa shape index (κ1) is 24.2. The van der Waals surface area contributed by atoms with Gasteiger partial charge in [0.25, 0.3) is 0 Å². The van der Waals surface area contributed by atoms with Crippen LogP contribution < -0.4 is 9.47 Å². The lowest BCUT2D eigenvalue weighted by Crippen LogP contribution is -2.17. The van der Waals surface area contributed by atoms with E-state index in [0.29, 0.717) is 17.9 Å². The van der Waals surface area contributed by atoms with Crippen LogP contribution in [0, 0.1) is 5.92 Å². The molecule has 1 unspecified atom stereocenters. The number of rotatable bonds is 15. The predicted octanol–water partition coefficient (Wildman–Crippen LogP) is 6.85. The normalized spacial score (nSPS) is 11.8. The van der Waals surface area contributed by atoms with Gasteiger partial charge in [0.05, 0.1) is 5.92 Å². The van der Waals surface area contributed by atoms with Crippen molar-refractivity contribution in [3.8, 4) is 11.5 Å². The van der Waals surface area contributed by atoms with E-state index in [4.69, 9.17) is 9.47 Å². The van der Waals surface area contributed by atoms with Crippen LogP contribution in [0.2, 0.25) is 0 Å². The second kappa shape index (κ2) is 15.1. The minimum Gasteiger partial charge on any atom is -0.427 e. The fourth-order valence-electron chi connectivity index (χ4n) is 3.02. The highest BCUT2D eigenvalue weighted by atomic mass is 16.5. The Kier molecular flexibility index (Phi) is 13.1. The second-order valence-corrected chi connectivity index (χ2v) is 7.63. The van der Waals surface area contributed by atoms with E-state index in [-0.39, 0.29) is 17.9 Å². The summed E-state index contributed by atoms with van der Waals surface area (Å²) in [5.74, 6) is 0.456. The summed E-state index contributed by atoms with van der Waals surface area (Å²) in [6.45, 7) is 6.27. The van der Waals surface area contributed by atoms with Crippen LogP contribution in [0.25, 0.3) is 0 Å². The Morgan fingerprint density at radius 2 is 1.25 bits per heavy atom. The van der Waals surface area contributed by atoms with E-state index in [1.165, 1.54) is 32.1 Å². The van der Waals surface area contributed by atoms with Crippen LogP contribution >= 0.6 is 0 Å². The molecule has 0 saturated carbocycles. The summed E-state index contributed by atoms with van der Waals surface area (Å²) in [5.41, 5.74) is 0. The van der Waals surface area contributed by atoms with Gasteiger partial charge in [-0.2, -0.15) is 0 Å². The monoisotopic (exact) mass is 390 g/mol. The zero-order valence-electron chi connectivity index (χ0n) is 18.0. The number of ether oxygens (including phenoxy) is 2. The molecule has 0 saturated heterocycles. The lowest BCUT2D eigenvalue weighted by atomic mass is 10.0. The molecule has 0 aliphatic heterocycles. The molecule has 158 valence electrons. The van der Waals surface area contributed by atoms with Crippen molar-refractivity contribution in [1.82, 2.24) is 0 Å². The summed E-state index contributed by atoms with van der Waals surface area (Å²) < 4.78 is 10.8. The molecule has 0 bridgehead atoms. The van der Waals surface area contributed by atoms with Crippen LogP contribution in [-0.4, -0.2) is 11.9 Å². The number of carbonyl (C=O) groups excluding carboxylic acids is 2. The zero-order chi connectivity index (χ0) is 20.6. The van der Waals surface area contributed by atoms with Crippen molar-refractivity contribution in [2.75, 3.05) is 0 Å². The lowest BCUT2D eigenvalue weighted by Gasteiger charge is -2.11. The molecule has 1 aromatic carbocycles. The van der Waals surface area contributed by atoms with Crippen LogP contribution in [0.15, 0.2) is 24.3 Å². The fourth-order valence-corrected chi connectivity index (χ4v) is 3.02. The van der Waals surface area contributed by atoms with Gasteiger partial charge >= 0.3 is 11.9 Å². The summed E-state index contributed by atoms with van der Waals surface area (Å²) in [4.78, 5) is 24.0. The number of hydrogen-bond acceptors (Lipinski definition) is 4. The molecular weight excluding hydrogens is 352 g/mol. The first-order valence-electron chi connectivity index (χ1n) is 11.1. The van der Waals surface area contributed by atoms with Crippen molar-refractivity contribution in [3.05, 3.63) is 24.3 Å². The Bertz CT molecular complexity index is 550. The Balaban J connectivity index is 2.28. The van der Waals surface area contributed by atoms with Gasteiger partial charge in [-0.05, 0) is 37.1 Å². The van der Waals surface area contributed by atoms with E-state index in [2.05, 4.69) is 13.8 Å². The molecule has 0 fully saturated rings. The number of esters is 2. The van der Waals surface area contributed by atoms with Crippen LogP contribution in [0.5, 0.6) is 11.5 Å². The smallest absolute Gasteiger partial charge is 0.314 e. The van der Waals surface area contributed by atoms with E-state index < -0.39 is 0 Å². The molecular formula is C24H38O4. The van der Waals surface area contributed by atoms with Gasteiger partial charge in [0.15, 0.2) is 0 Å². The Labute approximate surface area is 171 Å². The lowest BCUT2D eigenvalue weighted by molar-refractivity contribution is -0.138. The van der Waals surface area contributed by atoms with Crippen LogP contribution in [0.3, 0.4) is 0 Å². The quantitative estimate of drug-likeness (QED) is 0.187. The molecule has 0 aromatic heterocycles. The largest absolute Gasteiger partial charge is 0.427 e. The third-order valence-electron chi connectivity index (χ3n) is 4.90. The first-order chi connectivity index (χ1) is 13.6. The van der Waals surface area contributed by atoms with E-state index in [1.54, 1.807) is 24.3 Å². The van der Waals surface area contributed by atoms with Gasteiger partial charge in [-0.15, -0.1) is 0 Å². The highest BCUT2D eigenvalue weighted by molar-refractivity contribution is 5.75. The van der Waals surface area contributed by atoms with Crippen molar-refractivity contribution in [3.63, 3.8) is 0 Å². The summed E-state index contributed by atoms with van der Waals surface area (Å²) in [7, 11) is 0. The number of carbonyl (C=O) groups is 2. The van der Waals surface area contributed by atoms with Gasteiger partial charge in [-0.1, -0.05) is 78.6 Å². The highest BCUT2D eigenvalue weighted by Gasteiger charge is 2.15. The van der Waals surface area contributed by atoms with E-state index in [1.807, 2.05) is 6.92 Å². The maximum Gasteiger partial charge on any atom is 0.314 e. The highest BCUT2D eigenvalue weighted by Crippen LogP contribution is 2.21. The molecule has 0 N–H and O–H groups in total. The molecule has 4 heteroatoms. The van der Waals surface area contributed by atoms with Gasteiger partial charge < -0.3 is 9.47 Å². The SMILES string of the molecule is CCCCCCCCC(C)C(=O)Oc1ccc(OC(=O)CCCCCC)cc1. The number of benzene rings is 1. The molecule has 1 rings (SSSR count). The van der Waals surface area contributed by atoms with E-state index in [0.717, 1.165) is 38.5 Å². The predicted molar refractivity (Wildman–Crippen MR) is 114 cm³/mol. The topological polar surface area (TPSA) is 52.6 Å². The standard InChI is InChI=1S/C24H38O4/c1-4-6-8-10-11-12-14-20(3)24(26)28-22-18-16-21(17-19-22)27-23(25)15-13-9-7-5-2/h16-20H,4-15H2,1-3H3. The van der Waals surface area contributed by atoms with E-state index >= 15 is 0 Å². The van der Waals surface area contributed by atoms with Crippen LogP contribution in [0.4, 0.5) is 0 Å². The molecule has 4 nitrogen and oxygen atoms in total. The number of hydrogen-bond donors (Lipinski definition) is 0. The molecule has 0 spiro atoms. The van der Waals surface area contributed by atoms with Crippen molar-refractivity contribution in [2.45, 2.75) is 97.8 Å². The fraction of sp³-hybridized carbons (Fsp3) is 0.667.